The molecule has 0 aliphatic heterocycles. The molecule has 0 radical (unpaired) electrons. The van der Waals surface area contributed by atoms with Crippen LogP contribution in [-0.4, -0.2) is 6.61 Å². The van der Waals surface area contributed by atoms with Gasteiger partial charge in [0.05, 0.1) is 0 Å². The van der Waals surface area contributed by atoms with Gasteiger partial charge in [0, 0.05) is 0 Å². The minimum absolute atomic E-state index is 0. The van der Waals surface area contributed by atoms with E-state index in [1.165, 1.54) is 0 Å². The van der Waals surface area contributed by atoms with Crippen molar-refractivity contribution < 1.29 is 21.4 Å². The van der Waals surface area contributed by atoms with Crippen LogP contribution in [-0.2, 0) is 21.4 Å². The first kappa shape index (κ1) is 23.1. The molecule has 1 nitrogen and oxygen atoms in total. The Morgan fingerprint density at radius 3 is 1.43 bits per heavy atom. The van der Waals surface area contributed by atoms with Gasteiger partial charge in [-0.05, 0) is 0 Å². The molecule has 0 aromatic carbocycles. The van der Waals surface area contributed by atoms with Gasteiger partial charge in [-0.3, -0.25) is 0 Å². The predicted molar refractivity (Wildman–Crippen MR) is 42.6 cm³/mol. The van der Waals surface area contributed by atoms with Crippen molar-refractivity contribution in [1.82, 2.24) is 0 Å². The quantitative estimate of drug-likeness (QED) is 0.712. The van der Waals surface area contributed by atoms with E-state index in [4.69, 9.17) is 0 Å². The van der Waals surface area contributed by atoms with E-state index in [9.17, 15) is 0 Å². The van der Waals surface area contributed by atoms with Crippen LogP contribution < -0.4 is 0 Å². The molecule has 0 spiro atoms. The third-order valence-electron chi connectivity index (χ3n) is 0.129. The van der Waals surface area contributed by atoms with Gasteiger partial charge in [-0.15, -0.1) is 50.9 Å². The molecule has 0 N–H and O–H groups in total. The van der Waals surface area contributed by atoms with Gasteiger partial charge in [-0.2, -0.15) is 0 Å². The molecule has 0 aromatic rings. The average molecular weight is 339 g/mol. The Labute approximate surface area is 85.2 Å². The summed E-state index contributed by atoms with van der Waals surface area (Å²) in [6, 6.07) is 0. The van der Waals surface area contributed by atoms with E-state index in [2.05, 4.69) is 3.66 Å². The molecule has 7 heavy (non-hydrogen) atoms. The van der Waals surface area contributed by atoms with Gasteiger partial charge >= 0.3 is 35.0 Å². The molecule has 0 atom stereocenters. The van der Waals surface area contributed by atoms with Crippen LogP contribution in [0.25, 0.3) is 0 Å². The summed E-state index contributed by atoms with van der Waals surface area (Å²) >= 11 is 2.04. The molecule has 0 bridgehead atoms. The van der Waals surface area contributed by atoms with Gasteiger partial charge in [-0.25, -0.2) is 0 Å². The topological polar surface area (TPSA) is 9.23 Å². The third kappa shape index (κ3) is 32.1. The van der Waals surface area contributed by atoms with Crippen LogP contribution in [0.1, 0.15) is 6.92 Å². The molecule has 0 aliphatic carbocycles. The van der Waals surface area contributed by atoms with Crippen LogP contribution in [0.2, 0.25) is 0 Å². The first-order valence-electron chi connectivity index (χ1n) is 1.18. The van der Waals surface area contributed by atoms with Crippen molar-refractivity contribution in [1.29, 1.82) is 0 Å². The fourth-order valence-electron chi connectivity index (χ4n) is 0. The van der Waals surface area contributed by atoms with Crippen LogP contribution >= 0.6 is 50.9 Å². The van der Waals surface area contributed by atoms with Gasteiger partial charge in [0.1, 0.15) is 0 Å². The Bertz CT molecular complexity index is 14.9. The molecular formula is C2H8Br3OV. The SMILES string of the molecule is Br.Br.Br.CC[O][V]. The van der Waals surface area contributed by atoms with Crippen LogP contribution in [0.5, 0.6) is 0 Å². The van der Waals surface area contributed by atoms with E-state index in [0.717, 1.165) is 6.61 Å². The molecule has 48 valence electrons. The number of halogens is 3. The normalized spacial score (nSPS) is 4.14. The fourth-order valence-corrected chi connectivity index (χ4v) is 0. The number of hydrogen-bond donors (Lipinski definition) is 0. The van der Waals surface area contributed by atoms with Crippen molar-refractivity contribution in [3.63, 3.8) is 0 Å². The summed E-state index contributed by atoms with van der Waals surface area (Å²) in [5, 5.41) is 0. The summed E-state index contributed by atoms with van der Waals surface area (Å²) < 4.78 is 4.48. The maximum atomic E-state index is 4.48. The second-order valence-corrected chi connectivity index (χ2v) is 0.821. The second kappa shape index (κ2) is 24.5. The number of hydrogen-bond acceptors (Lipinski definition) is 1. The zero-order chi connectivity index (χ0) is 3.41. The van der Waals surface area contributed by atoms with Gasteiger partial charge < -0.3 is 0 Å². The molecule has 0 saturated carbocycles. The summed E-state index contributed by atoms with van der Waals surface area (Å²) in [5.41, 5.74) is 0. The van der Waals surface area contributed by atoms with Gasteiger partial charge in [-0.1, -0.05) is 0 Å². The van der Waals surface area contributed by atoms with E-state index in [1.807, 2.05) is 24.7 Å². The molecule has 0 unspecified atom stereocenters. The Morgan fingerprint density at radius 1 is 1.29 bits per heavy atom. The van der Waals surface area contributed by atoms with Crippen molar-refractivity contribution in [3.8, 4) is 0 Å². The van der Waals surface area contributed by atoms with Crippen molar-refractivity contribution in [2.75, 3.05) is 6.61 Å². The Balaban J connectivity index is -0.0000000150. The van der Waals surface area contributed by atoms with Crippen LogP contribution in [0.15, 0.2) is 0 Å². The van der Waals surface area contributed by atoms with Crippen molar-refractivity contribution in [2.24, 2.45) is 0 Å². The summed E-state index contributed by atoms with van der Waals surface area (Å²) in [4.78, 5) is 0. The Morgan fingerprint density at radius 2 is 1.43 bits per heavy atom. The summed E-state index contributed by atoms with van der Waals surface area (Å²) in [6.07, 6.45) is 0. The zero-order valence-electron chi connectivity index (χ0n) is 3.79. The molecule has 0 amide bonds. The van der Waals surface area contributed by atoms with Crippen LogP contribution in [0.3, 0.4) is 0 Å². The van der Waals surface area contributed by atoms with E-state index in [-0.39, 0.29) is 50.9 Å². The summed E-state index contributed by atoms with van der Waals surface area (Å²) in [6.45, 7) is 2.73. The zero-order valence-corrected chi connectivity index (χ0v) is 10.3. The fraction of sp³-hybridized carbons (Fsp3) is 1.00. The van der Waals surface area contributed by atoms with Crippen LogP contribution in [0.4, 0.5) is 0 Å². The molecule has 0 aromatic heterocycles. The standard InChI is InChI=1S/C2H5O.3BrH.V/c1-2-3;;;;/h2H2,1H3;3*1H;/q-1;;;;+1. The average Bonchev–Trinajstić information content (AvgIpc) is 1.37. The molecule has 0 rings (SSSR count). The molecule has 0 heterocycles. The molecule has 5 heteroatoms. The van der Waals surface area contributed by atoms with E-state index in [1.54, 1.807) is 0 Å². The Hall–Kier alpha value is 1.98. The van der Waals surface area contributed by atoms with Crippen molar-refractivity contribution in [3.05, 3.63) is 0 Å². The maximum absolute atomic E-state index is 4.48. The van der Waals surface area contributed by atoms with E-state index in [0.29, 0.717) is 0 Å². The molecule has 0 saturated heterocycles. The second-order valence-electron chi connectivity index (χ2n) is 0.418. The van der Waals surface area contributed by atoms with Gasteiger partial charge in [0.15, 0.2) is 0 Å². The van der Waals surface area contributed by atoms with E-state index < -0.39 is 0 Å². The first-order valence-corrected chi connectivity index (χ1v) is 1.75. The molecule has 0 fully saturated rings. The minimum atomic E-state index is 0. The monoisotopic (exact) mass is 336 g/mol. The predicted octanol–water partition coefficient (Wildman–Crippen LogP) is 2.22. The van der Waals surface area contributed by atoms with Crippen molar-refractivity contribution in [2.45, 2.75) is 6.92 Å². The van der Waals surface area contributed by atoms with E-state index >= 15 is 0 Å². The van der Waals surface area contributed by atoms with Gasteiger partial charge in [0.25, 0.3) is 0 Å². The molecular weight excluding hydrogens is 331 g/mol. The van der Waals surface area contributed by atoms with Crippen molar-refractivity contribution >= 4 is 50.9 Å². The summed E-state index contributed by atoms with van der Waals surface area (Å²) in [7, 11) is 0. The van der Waals surface area contributed by atoms with Gasteiger partial charge in [0.2, 0.25) is 0 Å². The molecule has 0 aliphatic rings. The first-order chi connectivity index (χ1) is 1.91. The third-order valence-corrected chi connectivity index (χ3v) is 0.532. The Kier molecular flexibility index (Phi) is 80.8. The summed E-state index contributed by atoms with van der Waals surface area (Å²) in [5.74, 6) is 0. The number of rotatable bonds is 1. The van der Waals surface area contributed by atoms with Crippen LogP contribution in [0, 0.1) is 0 Å².